The smallest absolute Gasteiger partial charge is 0.0395 e. The van der Waals surface area contributed by atoms with Gasteiger partial charge in [0, 0.05) is 19.3 Å². The van der Waals surface area contributed by atoms with E-state index in [1.54, 1.807) is 0 Å². The number of nitrogens with two attached hydrogens (primary N) is 1. The van der Waals surface area contributed by atoms with Gasteiger partial charge >= 0.3 is 0 Å². The Morgan fingerprint density at radius 1 is 1.29 bits per heavy atom. The van der Waals surface area contributed by atoms with Crippen LogP contribution in [0.3, 0.4) is 0 Å². The lowest BCUT2D eigenvalue weighted by Gasteiger charge is -2.21. The maximum absolute atomic E-state index is 5.50. The van der Waals surface area contributed by atoms with E-state index in [1.165, 1.54) is 16.8 Å². The van der Waals surface area contributed by atoms with Crippen LogP contribution in [0.1, 0.15) is 17.5 Å². The van der Waals surface area contributed by atoms with Crippen molar-refractivity contribution in [3.63, 3.8) is 0 Å². The normalized spacial score (nSPS) is 10.3. The van der Waals surface area contributed by atoms with Crippen LogP contribution in [0.5, 0.6) is 0 Å². The van der Waals surface area contributed by atoms with Crippen LogP contribution in [-0.4, -0.2) is 20.1 Å². The maximum Gasteiger partial charge on any atom is 0.0395 e. The monoisotopic (exact) mass is 192 g/mol. The molecule has 0 spiro atoms. The van der Waals surface area contributed by atoms with Gasteiger partial charge in [-0.3, -0.25) is 0 Å². The number of aryl methyl sites for hydroxylation is 2. The average molecular weight is 192 g/mol. The molecule has 0 saturated carbocycles. The second kappa shape index (κ2) is 5.01. The first-order valence-electron chi connectivity index (χ1n) is 5.13. The van der Waals surface area contributed by atoms with Gasteiger partial charge in [0.15, 0.2) is 0 Å². The van der Waals surface area contributed by atoms with Gasteiger partial charge in [0.2, 0.25) is 0 Å². The first kappa shape index (κ1) is 11.1. The molecule has 0 aliphatic rings. The van der Waals surface area contributed by atoms with Gasteiger partial charge in [-0.2, -0.15) is 0 Å². The summed E-state index contributed by atoms with van der Waals surface area (Å²) < 4.78 is 0. The molecule has 2 N–H and O–H groups in total. The van der Waals surface area contributed by atoms with Crippen molar-refractivity contribution in [2.45, 2.75) is 20.3 Å². The minimum atomic E-state index is 0.759. The minimum absolute atomic E-state index is 0.759. The summed E-state index contributed by atoms with van der Waals surface area (Å²) >= 11 is 0. The molecular weight excluding hydrogens is 172 g/mol. The Labute approximate surface area is 86.7 Å². The lowest BCUT2D eigenvalue weighted by atomic mass is 10.1. The molecule has 0 aliphatic heterocycles. The number of anilines is 1. The zero-order chi connectivity index (χ0) is 10.6. The Kier molecular flexibility index (Phi) is 3.96. The molecule has 0 unspecified atom stereocenters. The molecule has 78 valence electrons. The van der Waals surface area contributed by atoms with E-state index >= 15 is 0 Å². The van der Waals surface area contributed by atoms with E-state index in [9.17, 15) is 0 Å². The van der Waals surface area contributed by atoms with Crippen LogP contribution >= 0.6 is 0 Å². The predicted molar refractivity (Wildman–Crippen MR) is 62.9 cm³/mol. The first-order chi connectivity index (χ1) is 6.65. The molecule has 1 aromatic carbocycles. The molecule has 0 bridgehead atoms. The van der Waals surface area contributed by atoms with Crippen molar-refractivity contribution in [2.24, 2.45) is 5.73 Å². The van der Waals surface area contributed by atoms with E-state index in [0.29, 0.717) is 0 Å². The minimum Gasteiger partial charge on any atom is -0.374 e. The van der Waals surface area contributed by atoms with Gasteiger partial charge in [0.25, 0.3) is 0 Å². The highest BCUT2D eigenvalue weighted by Gasteiger charge is 2.03. The van der Waals surface area contributed by atoms with Crippen molar-refractivity contribution in [1.82, 2.24) is 0 Å². The van der Waals surface area contributed by atoms with Gasteiger partial charge < -0.3 is 10.6 Å². The van der Waals surface area contributed by atoms with Gasteiger partial charge in [-0.1, -0.05) is 12.1 Å². The van der Waals surface area contributed by atoms with Gasteiger partial charge in [-0.15, -0.1) is 0 Å². The van der Waals surface area contributed by atoms with Crippen LogP contribution in [0.2, 0.25) is 0 Å². The number of rotatable bonds is 4. The number of hydrogen-bond acceptors (Lipinski definition) is 2. The number of benzene rings is 1. The molecule has 2 heteroatoms. The Bertz CT molecular complexity index is 294. The third kappa shape index (κ3) is 2.74. The van der Waals surface area contributed by atoms with Crippen molar-refractivity contribution in [3.8, 4) is 0 Å². The summed E-state index contributed by atoms with van der Waals surface area (Å²) in [6, 6.07) is 6.55. The molecule has 0 amide bonds. The molecule has 0 fully saturated rings. The molecule has 14 heavy (non-hydrogen) atoms. The highest BCUT2D eigenvalue weighted by atomic mass is 15.1. The summed E-state index contributed by atoms with van der Waals surface area (Å²) in [5, 5.41) is 0. The lowest BCUT2D eigenvalue weighted by Crippen LogP contribution is -2.21. The van der Waals surface area contributed by atoms with Crippen LogP contribution < -0.4 is 10.6 Å². The summed E-state index contributed by atoms with van der Waals surface area (Å²) in [4.78, 5) is 2.27. The quantitative estimate of drug-likeness (QED) is 0.791. The van der Waals surface area contributed by atoms with Gasteiger partial charge in [-0.25, -0.2) is 0 Å². The van der Waals surface area contributed by atoms with E-state index in [-0.39, 0.29) is 0 Å². The molecule has 0 atom stereocenters. The maximum atomic E-state index is 5.50. The standard InChI is InChI=1S/C12H20N2/c1-10-5-6-11(2)12(9-10)14(3)8-4-7-13/h5-6,9H,4,7-8,13H2,1-3H3. The van der Waals surface area contributed by atoms with E-state index in [0.717, 1.165) is 19.5 Å². The number of hydrogen-bond donors (Lipinski definition) is 1. The highest BCUT2D eigenvalue weighted by Crippen LogP contribution is 2.20. The summed E-state index contributed by atoms with van der Waals surface area (Å²) in [5.41, 5.74) is 9.45. The fourth-order valence-corrected chi connectivity index (χ4v) is 1.58. The summed E-state index contributed by atoms with van der Waals surface area (Å²) in [6.07, 6.45) is 1.05. The van der Waals surface area contributed by atoms with Crippen molar-refractivity contribution in [3.05, 3.63) is 29.3 Å². The second-order valence-electron chi connectivity index (χ2n) is 3.85. The van der Waals surface area contributed by atoms with Gasteiger partial charge in [-0.05, 0) is 44.0 Å². The molecule has 2 nitrogen and oxygen atoms in total. The van der Waals surface area contributed by atoms with Crippen LogP contribution in [0.25, 0.3) is 0 Å². The third-order valence-corrected chi connectivity index (χ3v) is 2.47. The molecule has 0 heterocycles. The van der Waals surface area contributed by atoms with Crippen molar-refractivity contribution >= 4 is 5.69 Å². The van der Waals surface area contributed by atoms with Crippen LogP contribution in [-0.2, 0) is 0 Å². The van der Waals surface area contributed by atoms with Gasteiger partial charge in [0.05, 0.1) is 0 Å². The van der Waals surface area contributed by atoms with Gasteiger partial charge in [0.1, 0.15) is 0 Å². The van der Waals surface area contributed by atoms with Crippen LogP contribution in [0.15, 0.2) is 18.2 Å². The molecule has 0 saturated heterocycles. The Morgan fingerprint density at radius 3 is 2.64 bits per heavy atom. The van der Waals surface area contributed by atoms with Crippen LogP contribution in [0.4, 0.5) is 5.69 Å². The molecule has 0 aliphatic carbocycles. The predicted octanol–water partition coefficient (Wildman–Crippen LogP) is 2.09. The molecule has 1 rings (SSSR count). The summed E-state index contributed by atoms with van der Waals surface area (Å²) in [7, 11) is 2.12. The Balaban J connectivity index is 2.77. The lowest BCUT2D eigenvalue weighted by molar-refractivity contribution is 0.793. The SMILES string of the molecule is Cc1ccc(C)c(N(C)CCCN)c1. The first-order valence-corrected chi connectivity index (χ1v) is 5.13. The molecule has 1 aromatic rings. The Morgan fingerprint density at radius 2 is 2.00 bits per heavy atom. The zero-order valence-electron chi connectivity index (χ0n) is 9.38. The van der Waals surface area contributed by atoms with Crippen molar-refractivity contribution < 1.29 is 0 Å². The summed E-state index contributed by atoms with van der Waals surface area (Å²) in [5.74, 6) is 0. The molecular formula is C12H20N2. The van der Waals surface area contributed by atoms with E-state index in [2.05, 4.69) is 44.0 Å². The Hall–Kier alpha value is -1.02. The fraction of sp³-hybridized carbons (Fsp3) is 0.500. The van der Waals surface area contributed by atoms with E-state index in [1.807, 2.05) is 0 Å². The van der Waals surface area contributed by atoms with E-state index in [4.69, 9.17) is 5.73 Å². The molecule has 0 aromatic heterocycles. The van der Waals surface area contributed by atoms with Crippen molar-refractivity contribution in [1.29, 1.82) is 0 Å². The number of nitrogens with zero attached hydrogens (tertiary/aromatic N) is 1. The fourth-order valence-electron chi connectivity index (χ4n) is 1.58. The molecule has 0 radical (unpaired) electrons. The average Bonchev–Trinajstić information content (AvgIpc) is 2.18. The summed E-state index contributed by atoms with van der Waals surface area (Å²) in [6.45, 7) is 6.06. The zero-order valence-corrected chi connectivity index (χ0v) is 9.38. The van der Waals surface area contributed by atoms with E-state index < -0.39 is 0 Å². The third-order valence-electron chi connectivity index (χ3n) is 2.47. The highest BCUT2D eigenvalue weighted by molar-refractivity contribution is 5.54. The topological polar surface area (TPSA) is 29.3 Å². The largest absolute Gasteiger partial charge is 0.374 e. The van der Waals surface area contributed by atoms with Crippen LogP contribution in [0, 0.1) is 13.8 Å². The van der Waals surface area contributed by atoms with Crippen molar-refractivity contribution in [2.75, 3.05) is 25.0 Å². The second-order valence-corrected chi connectivity index (χ2v) is 3.85.